The van der Waals surface area contributed by atoms with Crippen LogP contribution in [-0.2, 0) is 28.5 Å². The first-order valence-electron chi connectivity index (χ1n) is 18.3. The van der Waals surface area contributed by atoms with E-state index in [0.717, 1.165) is 56.0 Å². The molecule has 0 aromatic rings. The molecule has 282 valence electrons. The quantitative estimate of drug-likeness (QED) is 0.119. The van der Waals surface area contributed by atoms with E-state index in [1.165, 1.54) is 12.8 Å². The summed E-state index contributed by atoms with van der Waals surface area (Å²) in [4.78, 5) is 22.4. The molecule has 0 fully saturated rings. The molecule has 46 heavy (non-hydrogen) atoms. The van der Waals surface area contributed by atoms with Crippen LogP contribution < -0.4 is 10.6 Å². The van der Waals surface area contributed by atoms with E-state index in [2.05, 4.69) is 86.8 Å². The average Bonchev–Trinajstić information content (AvgIpc) is 2.92. The lowest BCUT2D eigenvalue weighted by atomic mass is 10.0. The van der Waals surface area contributed by atoms with Crippen molar-refractivity contribution in [2.45, 2.75) is 149 Å². The molecule has 8 nitrogen and oxygen atoms in total. The number of ether oxygens (including phenoxy) is 4. The Bertz CT molecular complexity index is 547. The zero-order chi connectivity index (χ0) is 36.8. The average molecular weight is 665 g/mol. The highest BCUT2D eigenvalue weighted by atomic mass is 16.5. The van der Waals surface area contributed by atoms with Gasteiger partial charge in [0, 0.05) is 39.1 Å². The summed E-state index contributed by atoms with van der Waals surface area (Å²) in [5.41, 5.74) is 0. The number of hydrogen-bond donors (Lipinski definition) is 2. The van der Waals surface area contributed by atoms with Gasteiger partial charge in [-0.15, -0.1) is 0 Å². The Morgan fingerprint density at radius 3 is 1.24 bits per heavy atom. The highest BCUT2D eigenvalue weighted by Gasteiger charge is 2.02. The van der Waals surface area contributed by atoms with Crippen molar-refractivity contribution in [3.05, 3.63) is 0 Å². The first kappa shape index (κ1) is 54.2. The van der Waals surface area contributed by atoms with E-state index in [1.807, 2.05) is 27.7 Å². The molecule has 8 heteroatoms. The molecule has 0 bridgehead atoms. The second-order valence-corrected chi connectivity index (χ2v) is 13.9. The van der Waals surface area contributed by atoms with Gasteiger partial charge in [0.15, 0.2) is 0 Å². The minimum atomic E-state index is -0.0159. The normalized spacial score (nSPS) is 10.5. The van der Waals surface area contributed by atoms with Gasteiger partial charge in [-0.1, -0.05) is 83.1 Å². The van der Waals surface area contributed by atoms with Gasteiger partial charge in [0.25, 0.3) is 0 Å². The van der Waals surface area contributed by atoms with Crippen LogP contribution in [0.15, 0.2) is 0 Å². The smallest absolute Gasteiger partial charge is 0.220 e. The summed E-state index contributed by atoms with van der Waals surface area (Å²) < 4.78 is 20.6. The molecule has 2 amide bonds. The van der Waals surface area contributed by atoms with Crippen molar-refractivity contribution in [1.29, 1.82) is 0 Å². The lowest BCUT2D eigenvalue weighted by molar-refractivity contribution is -0.123. The van der Waals surface area contributed by atoms with Crippen molar-refractivity contribution in [3.63, 3.8) is 0 Å². The molecule has 0 saturated carbocycles. The van der Waals surface area contributed by atoms with Crippen molar-refractivity contribution in [1.82, 2.24) is 10.6 Å². The third-order valence-corrected chi connectivity index (χ3v) is 5.14. The lowest BCUT2D eigenvalue weighted by Gasteiger charge is -2.09. The Kier molecular flexibility index (Phi) is 51.6. The monoisotopic (exact) mass is 665 g/mol. The first-order chi connectivity index (χ1) is 21.5. The summed E-state index contributed by atoms with van der Waals surface area (Å²) in [5, 5.41) is 5.50. The van der Waals surface area contributed by atoms with Crippen LogP contribution >= 0.6 is 0 Å². The fourth-order valence-electron chi connectivity index (χ4n) is 3.69. The Balaban J connectivity index is -0.000000177. The van der Waals surface area contributed by atoms with Gasteiger partial charge in [-0.05, 0) is 76.5 Å². The molecule has 2 N–H and O–H groups in total. The minimum absolute atomic E-state index is 0.0159. The first-order valence-corrected chi connectivity index (χ1v) is 18.3. The van der Waals surface area contributed by atoms with E-state index in [9.17, 15) is 9.59 Å². The molecule has 0 aliphatic carbocycles. The molecule has 0 aromatic carbocycles. The van der Waals surface area contributed by atoms with Crippen LogP contribution in [0, 0.1) is 29.6 Å². The standard InChI is InChI=1S/C14H28N2O4.2C7H16.C6H14O2.C4H10/c1-4-13(17)15-7-5-6-14(18)16-8-9-19-10-11-20-12(2)3;2*1-6(2)5-7(3)4;1-3-7-5-6-8-4-2;1-4(2)3/h12H,4-11H2,1-3H3,(H,15,17)(H,16,18);2*6-7H,5H2,1-4H3;3-6H2,1-2H3;4H,1-3H3. The highest BCUT2D eigenvalue weighted by molar-refractivity contribution is 5.76. The molecule has 0 atom stereocenters. The van der Waals surface area contributed by atoms with Gasteiger partial charge in [0.05, 0.1) is 39.1 Å². The summed E-state index contributed by atoms with van der Waals surface area (Å²) in [6, 6.07) is 0. The van der Waals surface area contributed by atoms with Crippen molar-refractivity contribution in [2.75, 3.05) is 59.3 Å². The molecule has 0 aliphatic rings. The second-order valence-electron chi connectivity index (χ2n) is 13.9. The maximum atomic E-state index is 11.4. The van der Waals surface area contributed by atoms with Gasteiger partial charge in [-0.3, -0.25) is 9.59 Å². The van der Waals surface area contributed by atoms with E-state index in [0.29, 0.717) is 52.2 Å². The Morgan fingerprint density at radius 2 is 0.913 bits per heavy atom. The van der Waals surface area contributed by atoms with E-state index in [1.54, 1.807) is 6.92 Å². The molecule has 0 aromatic heterocycles. The SMILES string of the molecule is CC(C)C.CC(C)CC(C)C.CC(C)CC(C)C.CCC(=O)NCCCC(=O)NCCOCCOC(C)C.CCOCCOCC. The fraction of sp³-hybridized carbons (Fsp3) is 0.947. The van der Waals surface area contributed by atoms with Gasteiger partial charge in [0.2, 0.25) is 11.8 Å². The predicted octanol–water partition coefficient (Wildman–Crippen LogP) is 8.95. The maximum absolute atomic E-state index is 11.4. The number of carbonyl (C=O) groups excluding carboxylic acids is 2. The van der Waals surface area contributed by atoms with Gasteiger partial charge in [-0.25, -0.2) is 0 Å². The zero-order valence-corrected chi connectivity index (χ0v) is 33.8. The van der Waals surface area contributed by atoms with Crippen molar-refractivity contribution >= 4 is 11.8 Å². The van der Waals surface area contributed by atoms with Crippen molar-refractivity contribution in [3.8, 4) is 0 Å². The predicted molar refractivity (Wildman–Crippen MR) is 200 cm³/mol. The summed E-state index contributed by atoms with van der Waals surface area (Å²) in [6.45, 7) is 40.0. The fourth-order valence-corrected chi connectivity index (χ4v) is 3.69. The van der Waals surface area contributed by atoms with Crippen molar-refractivity contribution < 1.29 is 28.5 Å². The Hall–Kier alpha value is -1.22. The van der Waals surface area contributed by atoms with Crippen LogP contribution in [-0.4, -0.2) is 77.3 Å². The molecular formula is C38H84N2O6. The summed E-state index contributed by atoms with van der Waals surface area (Å²) in [6.07, 6.45) is 4.48. The number of amides is 2. The Labute approximate surface area is 288 Å². The van der Waals surface area contributed by atoms with Crippen LogP contribution in [0.3, 0.4) is 0 Å². The van der Waals surface area contributed by atoms with Gasteiger partial charge < -0.3 is 29.6 Å². The van der Waals surface area contributed by atoms with Crippen LogP contribution in [0.5, 0.6) is 0 Å². The summed E-state index contributed by atoms with van der Waals surface area (Å²) in [7, 11) is 0. The molecule has 0 aliphatic heterocycles. The molecule has 0 heterocycles. The van der Waals surface area contributed by atoms with E-state index >= 15 is 0 Å². The number of rotatable bonds is 21. The number of carbonyl (C=O) groups is 2. The molecular weight excluding hydrogens is 580 g/mol. The highest BCUT2D eigenvalue weighted by Crippen LogP contribution is 2.08. The molecule has 0 rings (SSSR count). The summed E-state index contributed by atoms with van der Waals surface area (Å²) >= 11 is 0. The zero-order valence-electron chi connectivity index (χ0n) is 33.8. The van der Waals surface area contributed by atoms with Crippen molar-refractivity contribution in [2.24, 2.45) is 29.6 Å². The molecule has 0 saturated heterocycles. The van der Waals surface area contributed by atoms with Gasteiger partial charge >= 0.3 is 0 Å². The third kappa shape index (κ3) is 78.8. The van der Waals surface area contributed by atoms with Gasteiger partial charge in [-0.2, -0.15) is 0 Å². The number of nitrogens with one attached hydrogen (secondary N) is 2. The molecule has 0 radical (unpaired) electrons. The maximum Gasteiger partial charge on any atom is 0.220 e. The Morgan fingerprint density at radius 1 is 0.522 bits per heavy atom. The van der Waals surface area contributed by atoms with E-state index < -0.39 is 0 Å². The van der Waals surface area contributed by atoms with Crippen LogP contribution in [0.2, 0.25) is 0 Å². The number of hydrogen-bond acceptors (Lipinski definition) is 6. The van der Waals surface area contributed by atoms with E-state index in [4.69, 9.17) is 18.9 Å². The topological polar surface area (TPSA) is 95.1 Å². The summed E-state index contributed by atoms with van der Waals surface area (Å²) in [5.74, 6) is 4.33. The van der Waals surface area contributed by atoms with Crippen LogP contribution in [0.1, 0.15) is 143 Å². The minimum Gasteiger partial charge on any atom is -0.379 e. The van der Waals surface area contributed by atoms with Crippen LogP contribution in [0.4, 0.5) is 0 Å². The second kappa shape index (κ2) is 43.8. The largest absolute Gasteiger partial charge is 0.379 e. The molecule has 0 spiro atoms. The molecule has 0 unspecified atom stereocenters. The van der Waals surface area contributed by atoms with Crippen LogP contribution in [0.25, 0.3) is 0 Å². The van der Waals surface area contributed by atoms with E-state index in [-0.39, 0.29) is 17.9 Å². The third-order valence-electron chi connectivity index (χ3n) is 5.14. The van der Waals surface area contributed by atoms with Gasteiger partial charge in [0.1, 0.15) is 0 Å². The lowest BCUT2D eigenvalue weighted by Crippen LogP contribution is -2.29.